The number of rotatable bonds is 10. The standard InChI is InChI=1S/C36H29BrNO2PS/c1-27-17-19-29(20-18-27)36(40)38-35(26-42-25-34(39)28-21-23-30(37)24-22-28)41(31-11-5-2-6-12-31,32-13-7-3-8-14-32)33-15-9-4-10-16-33/h2-24,26H,25H2,1H3/p+1/b35-26-. The van der Waals surface area contributed by atoms with Gasteiger partial charge in [-0.3, -0.25) is 14.9 Å². The predicted molar refractivity (Wildman–Crippen MR) is 183 cm³/mol. The Bertz CT molecular complexity index is 1580. The molecule has 0 unspecified atom stereocenters. The van der Waals surface area contributed by atoms with Crippen molar-refractivity contribution in [2.75, 3.05) is 5.75 Å². The Morgan fingerprint density at radius 1 is 0.667 bits per heavy atom. The Morgan fingerprint density at radius 3 is 1.60 bits per heavy atom. The average Bonchev–Trinajstić information content (AvgIpc) is 3.03. The largest absolute Gasteiger partial charge is 0.293 e. The number of hydrogen-bond donors (Lipinski definition) is 1. The summed E-state index contributed by atoms with van der Waals surface area (Å²) in [6.45, 7) is 2.00. The quantitative estimate of drug-likeness (QED) is 0.123. The van der Waals surface area contributed by atoms with Gasteiger partial charge in [0.2, 0.25) is 0 Å². The van der Waals surface area contributed by atoms with Crippen LogP contribution < -0.4 is 21.2 Å². The third-order valence-corrected chi connectivity index (χ3v) is 12.6. The van der Waals surface area contributed by atoms with Crippen LogP contribution in [0.3, 0.4) is 0 Å². The predicted octanol–water partition coefficient (Wildman–Crippen LogP) is 7.90. The van der Waals surface area contributed by atoms with Crippen molar-refractivity contribution in [2.24, 2.45) is 0 Å². The molecule has 3 nitrogen and oxygen atoms in total. The first kappa shape index (κ1) is 29.7. The molecule has 0 atom stereocenters. The minimum Gasteiger partial charge on any atom is -0.293 e. The number of carbonyl (C=O) groups is 2. The molecule has 0 aliphatic carbocycles. The first-order valence-electron chi connectivity index (χ1n) is 13.5. The molecule has 5 aromatic carbocycles. The Kier molecular flexibility index (Phi) is 9.86. The average molecular weight is 652 g/mol. The van der Waals surface area contributed by atoms with Gasteiger partial charge in [0.05, 0.1) is 5.75 Å². The molecule has 0 radical (unpaired) electrons. The van der Waals surface area contributed by atoms with Gasteiger partial charge in [-0.15, -0.1) is 11.8 Å². The molecule has 0 bridgehead atoms. The van der Waals surface area contributed by atoms with E-state index in [1.165, 1.54) is 11.8 Å². The van der Waals surface area contributed by atoms with Gasteiger partial charge in [0.15, 0.2) is 18.5 Å². The number of nitrogens with one attached hydrogen (secondary N) is 1. The van der Waals surface area contributed by atoms with Gasteiger partial charge >= 0.3 is 0 Å². The molecule has 208 valence electrons. The number of thioether (sulfide) groups is 1. The van der Waals surface area contributed by atoms with Crippen molar-refractivity contribution in [3.8, 4) is 0 Å². The molecule has 5 rings (SSSR count). The summed E-state index contributed by atoms with van der Waals surface area (Å²) in [7, 11) is -2.59. The summed E-state index contributed by atoms with van der Waals surface area (Å²) in [4.78, 5) is 27.0. The van der Waals surface area contributed by atoms with Gasteiger partial charge in [0.25, 0.3) is 5.91 Å². The third-order valence-electron chi connectivity index (χ3n) is 6.92. The molecular weight excluding hydrogens is 621 g/mol. The molecule has 0 saturated heterocycles. The zero-order valence-corrected chi connectivity index (χ0v) is 26.4. The minimum atomic E-state index is -2.59. The number of benzene rings is 5. The Hall–Kier alpha value is -3.76. The van der Waals surface area contributed by atoms with Gasteiger partial charge in [-0.1, -0.05) is 100 Å². The second kappa shape index (κ2) is 13.9. The van der Waals surface area contributed by atoms with E-state index < -0.39 is 7.26 Å². The molecule has 0 spiro atoms. The number of carbonyl (C=O) groups excluding carboxylic acids is 2. The SMILES string of the molecule is Cc1ccc(C(=O)N/C(=C/SCC(=O)c2ccc(Br)cc2)[P+](c2ccccc2)(c2ccccc2)c2ccccc2)cc1. The van der Waals surface area contributed by atoms with E-state index in [0.717, 1.165) is 31.4 Å². The van der Waals surface area contributed by atoms with E-state index in [1.54, 1.807) is 0 Å². The maximum absolute atomic E-state index is 13.8. The lowest BCUT2D eigenvalue weighted by Crippen LogP contribution is -2.38. The van der Waals surface area contributed by atoms with Gasteiger partial charge in [-0.05, 0) is 67.6 Å². The van der Waals surface area contributed by atoms with Crippen LogP contribution in [0.15, 0.2) is 155 Å². The highest BCUT2D eigenvalue weighted by Crippen LogP contribution is 2.61. The fraction of sp³-hybridized carbons (Fsp3) is 0.0556. The molecule has 1 amide bonds. The second-order valence-electron chi connectivity index (χ2n) is 9.74. The first-order valence-corrected chi connectivity index (χ1v) is 17.2. The lowest BCUT2D eigenvalue weighted by molar-refractivity contribution is 0.0967. The summed E-state index contributed by atoms with van der Waals surface area (Å²) < 4.78 is 0.927. The molecule has 0 aliphatic rings. The van der Waals surface area contributed by atoms with E-state index >= 15 is 0 Å². The first-order chi connectivity index (χ1) is 20.5. The second-order valence-corrected chi connectivity index (χ2v) is 14.9. The van der Waals surface area contributed by atoms with Crippen LogP contribution in [-0.2, 0) is 0 Å². The summed E-state index contributed by atoms with van der Waals surface area (Å²) in [5.41, 5.74) is 3.10. The van der Waals surface area contributed by atoms with Crippen molar-refractivity contribution in [2.45, 2.75) is 6.92 Å². The Balaban J connectivity index is 1.66. The Labute approximate surface area is 260 Å². The van der Waals surface area contributed by atoms with Crippen LogP contribution in [0, 0.1) is 6.92 Å². The van der Waals surface area contributed by atoms with Crippen molar-refractivity contribution in [1.82, 2.24) is 5.32 Å². The van der Waals surface area contributed by atoms with Gasteiger partial charge in [-0.2, -0.15) is 0 Å². The van der Waals surface area contributed by atoms with Gasteiger partial charge in [0.1, 0.15) is 15.9 Å². The van der Waals surface area contributed by atoms with Crippen molar-refractivity contribution >= 4 is 62.6 Å². The number of halogens is 1. The molecule has 5 aromatic rings. The van der Waals surface area contributed by atoms with Crippen molar-refractivity contribution in [1.29, 1.82) is 0 Å². The van der Waals surface area contributed by atoms with Crippen molar-refractivity contribution in [3.05, 3.63) is 172 Å². The summed E-state index contributed by atoms with van der Waals surface area (Å²) >= 11 is 4.85. The van der Waals surface area contributed by atoms with Crippen LogP contribution in [0.2, 0.25) is 0 Å². The van der Waals surface area contributed by atoms with E-state index in [-0.39, 0.29) is 17.4 Å². The van der Waals surface area contributed by atoms with Crippen molar-refractivity contribution in [3.63, 3.8) is 0 Å². The van der Waals surface area contributed by atoms with Crippen LogP contribution in [0.25, 0.3) is 0 Å². The number of hydrogen-bond acceptors (Lipinski definition) is 3. The van der Waals surface area contributed by atoms with E-state index in [4.69, 9.17) is 0 Å². The van der Waals surface area contributed by atoms with Crippen molar-refractivity contribution < 1.29 is 9.59 Å². The van der Waals surface area contributed by atoms with Crippen LogP contribution >= 0.6 is 35.0 Å². The molecule has 6 heteroatoms. The maximum atomic E-state index is 13.8. The highest BCUT2D eigenvalue weighted by molar-refractivity contribution is 9.10. The summed E-state index contributed by atoms with van der Waals surface area (Å²) in [5.74, 6) is 0.0773. The smallest absolute Gasteiger partial charge is 0.258 e. The third kappa shape index (κ3) is 6.65. The monoisotopic (exact) mass is 650 g/mol. The van der Waals surface area contributed by atoms with Gasteiger partial charge in [-0.25, -0.2) is 0 Å². The van der Waals surface area contributed by atoms with Crippen LogP contribution in [0.4, 0.5) is 0 Å². The molecule has 0 aliphatic heterocycles. The highest BCUT2D eigenvalue weighted by atomic mass is 79.9. The number of amides is 1. The van der Waals surface area contributed by atoms with E-state index in [0.29, 0.717) is 11.1 Å². The number of aryl methyl sites for hydroxylation is 1. The molecule has 0 heterocycles. The molecule has 0 saturated carbocycles. The van der Waals surface area contributed by atoms with E-state index in [2.05, 4.69) is 57.6 Å². The molecule has 0 fully saturated rings. The number of ketones is 1. The van der Waals surface area contributed by atoms with E-state index in [1.807, 2.05) is 115 Å². The molecule has 0 aromatic heterocycles. The summed E-state index contributed by atoms with van der Waals surface area (Å²) in [6.07, 6.45) is 0. The summed E-state index contributed by atoms with van der Waals surface area (Å²) in [5, 5.41) is 8.66. The van der Waals surface area contributed by atoms with E-state index in [9.17, 15) is 9.59 Å². The molecule has 1 N–H and O–H groups in total. The fourth-order valence-electron chi connectivity index (χ4n) is 4.82. The fourth-order valence-corrected chi connectivity index (χ4v) is 10.4. The lowest BCUT2D eigenvalue weighted by atomic mass is 10.1. The minimum absolute atomic E-state index is 0.0241. The van der Waals surface area contributed by atoms with Crippen LogP contribution in [0.5, 0.6) is 0 Å². The van der Waals surface area contributed by atoms with Gasteiger partial charge < -0.3 is 0 Å². The highest BCUT2D eigenvalue weighted by Gasteiger charge is 2.50. The molecule has 42 heavy (non-hydrogen) atoms. The topological polar surface area (TPSA) is 46.2 Å². The zero-order chi connectivity index (χ0) is 29.4. The zero-order valence-electron chi connectivity index (χ0n) is 23.1. The molecular formula is C36H30BrNO2PS+. The van der Waals surface area contributed by atoms with Crippen LogP contribution in [0.1, 0.15) is 26.3 Å². The van der Waals surface area contributed by atoms with Crippen LogP contribution in [-0.4, -0.2) is 17.4 Å². The van der Waals surface area contributed by atoms with Gasteiger partial charge in [0, 0.05) is 21.0 Å². The summed E-state index contributed by atoms with van der Waals surface area (Å²) in [6, 6.07) is 46.1. The maximum Gasteiger partial charge on any atom is 0.258 e. The normalized spacial score (nSPS) is 11.6. The lowest BCUT2D eigenvalue weighted by Gasteiger charge is -2.29. The number of Topliss-reactive ketones (excluding diaryl/α,β-unsaturated/α-hetero) is 1. The Morgan fingerprint density at radius 2 is 1.12 bits per heavy atom.